The van der Waals surface area contributed by atoms with Gasteiger partial charge in [-0.05, 0) is 30.4 Å². The Kier molecular flexibility index (Phi) is 4.71. The Bertz CT molecular complexity index is 432. The van der Waals surface area contributed by atoms with Gasteiger partial charge in [-0.2, -0.15) is 8.42 Å². The summed E-state index contributed by atoms with van der Waals surface area (Å²) in [4.78, 5) is 0. The minimum atomic E-state index is -3.80. The fourth-order valence-corrected chi connectivity index (χ4v) is 2.00. The molecule has 4 heteroatoms. The Morgan fingerprint density at radius 3 is 2.31 bits per heavy atom. The first kappa shape index (κ1) is 12.9. The standard InChI is InChI=1S/C12H16O3S/c1-2-11-6-8-12(9-7-11)5-3-4-10-16(13,14)15/h2,6-9H,1,3-5,10H2,(H,13,14,15). The van der Waals surface area contributed by atoms with Gasteiger partial charge in [0.05, 0.1) is 5.75 Å². The summed E-state index contributed by atoms with van der Waals surface area (Å²) in [5.41, 5.74) is 2.24. The van der Waals surface area contributed by atoms with Gasteiger partial charge in [-0.15, -0.1) is 0 Å². The molecule has 0 bridgehead atoms. The number of benzene rings is 1. The zero-order valence-corrected chi connectivity index (χ0v) is 9.91. The molecular weight excluding hydrogens is 224 g/mol. The lowest BCUT2D eigenvalue weighted by Gasteiger charge is -2.01. The molecule has 0 unspecified atom stereocenters. The summed E-state index contributed by atoms with van der Waals surface area (Å²) in [6.45, 7) is 3.67. The van der Waals surface area contributed by atoms with Crippen molar-refractivity contribution in [2.24, 2.45) is 0 Å². The Labute approximate surface area is 96.6 Å². The van der Waals surface area contributed by atoms with E-state index in [2.05, 4.69) is 6.58 Å². The lowest BCUT2D eigenvalue weighted by molar-refractivity contribution is 0.480. The van der Waals surface area contributed by atoms with Crippen LogP contribution in [0.15, 0.2) is 30.8 Å². The number of aryl methyl sites for hydroxylation is 1. The highest BCUT2D eigenvalue weighted by atomic mass is 32.2. The summed E-state index contributed by atoms with van der Waals surface area (Å²) in [6.07, 6.45) is 3.85. The maximum absolute atomic E-state index is 10.5. The molecule has 0 spiro atoms. The topological polar surface area (TPSA) is 54.4 Å². The number of rotatable bonds is 6. The van der Waals surface area contributed by atoms with Gasteiger partial charge in [0.25, 0.3) is 10.1 Å². The monoisotopic (exact) mass is 240 g/mol. The summed E-state index contributed by atoms with van der Waals surface area (Å²) >= 11 is 0. The molecule has 1 aromatic rings. The molecule has 0 aliphatic rings. The molecule has 0 aliphatic carbocycles. The van der Waals surface area contributed by atoms with E-state index in [1.807, 2.05) is 24.3 Å². The van der Waals surface area contributed by atoms with Crippen LogP contribution < -0.4 is 0 Å². The van der Waals surface area contributed by atoms with E-state index >= 15 is 0 Å². The van der Waals surface area contributed by atoms with E-state index in [9.17, 15) is 8.42 Å². The van der Waals surface area contributed by atoms with Crippen molar-refractivity contribution < 1.29 is 13.0 Å². The molecule has 0 aliphatic heterocycles. The molecular formula is C12H16O3S. The van der Waals surface area contributed by atoms with E-state index in [4.69, 9.17) is 4.55 Å². The molecule has 0 amide bonds. The molecule has 0 aromatic heterocycles. The van der Waals surface area contributed by atoms with Crippen molar-refractivity contribution >= 4 is 16.2 Å². The van der Waals surface area contributed by atoms with Crippen LogP contribution in [-0.2, 0) is 16.5 Å². The zero-order valence-electron chi connectivity index (χ0n) is 9.09. The molecule has 1 aromatic carbocycles. The van der Waals surface area contributed by atoms with Crippen molar-refractivity contribution in [3.8, 4) is 0 Å². The van der Waals surface area contributed by atoms with Crippen molar-refractivity contribution in [2.75, 3.05) is 5.75 Å². The van der Waals surface area contributed by atoms with Gasteiger partial charge in [-0.25, -0.2) is 0 Å². The molecule has 88 valence electrons. The first-order valence-corrected chi connectivity index (χ1v) is 6.79. The van der Waals surface area contributed by atoms with Crippen LogP contribution in [-0.4, -0.2) is 18.7 Å². The molecule has 16 heavy (non-hydrogen) atoms. The third kappa shape index (κ3) is 5.09. The van der Waals surface area contributed by atoms with Crippen LogP contribution in [0.2, 0.25) is 0 Å². The Balaban J connectivity index is 2.35. The van der Waals surface area contributed by atoms with Gasteiger partial charge >= 0.3 is 0 Å². The largest absolute Gasteiger partial charge is 0.286 e. The fraction of sp³-hybridized carbons (Fsp3) is 0.333. The SMILES string of the molecule is C=Cc1ccc(CCCCS(=O)(=O)O)cc1. The molecule has 1 rings (SSSR count). The Morgan fingerprint density at radius 1 is 1.19 bits per heavy atom. The van der Waals surface area contributed by atoms with E-state index in [0.29, 0.717) is 6.42 Å². The average molecular weight is 240 g/mol. The highest BCUT2D eigenvalue weighted by Gasteiger charge is 2.03. The molecule has 0 fully saturated rings. The van der Waals surface area contributed by atoms with Gasteiger partial charge in [-0.1, -0.05) is 36.9 Å². The predicted molar refractivity (Wildman–Crippen MR) is 65.9 cm³/mol. The zero-order chi connectivity index (χ0) is 12.0. The van der Waals surface area contributed by atoms with Crippen LogP contribution in [0.1, 0.15) is 24.0 Å². The molecule has 0 radical (unpaired) electrons. The van der Waals surface area contributed by atoms with Crippen LogP contribution in [0.3, 0.4) is 0 Å². The first-order chi connectivity index (χ1) is 7.51. The molecule has 3 nitrogen and oxygen atoms in total. The highest BCUT2D eigenvalue weighted by molar-refractivity contribution is 7.85. The maximum atomic E-state index is 10.5. The highest BCUT2D eigenvalue weighted by Crippen LogP contribution is 2.09. The van der Waals surface area contributed by atoms with Gasteiger partial charge in [0.1, 0.15) is 0 Å². The predicted octanol–water partition coefficient (Wildman–Crippen LogP) is 2.54. The minimum Gasteiger partial charge on any atom is -0.286 e. The van der Waals surface area contributed by atoms with Crippen LogP contribution in [0.4, 0.5) is 0 Å². The third-order valence-electron chi connectivity index (χ3n) is 2.33. The molecule has 1 N–H and O–H groups in total. The van der Waals surface area contributed by atoms with Gasteiger partial charge < -0.3 is 0 Å². The number of unbranched alkanes of at least 4 members (excludes halogenated alkanes) is 1. The summed E-state index contributed by atoms with van der Waals surface area (Å²) < 4.78 is 29.5. The summed E-state index contributed by atoms with van der Waals surface area (Å²) in [7, 11) is -3.80. The summed E-state index contributed by atoms with van der Waals surface area (Å²) in [5.74, 6) is -0.155. The second-order valence-corrected chi connectivity index (χ2v) is 5.26. The van der Waals surface area contributed by atoms with Crippen molar-refractivity contribution in [1.29, 1.82) is 0 Å². The lowest BCUT2D eigenvalue weighted by Crippen LogP contribution is -2.03. The van der Waals surface area contributed by atoms with Crippen molar-refractivity contribution in [1.82, 2.24) is 0 Å². The van der Waals surface area contributed by atoms with Crippen LogP contribution >= 0.6 is 0 Å². The Morgan fingerprint density at radius 2 is 1.81 bits per heavy atom. The lowest BCUT2D eigenvalue weighted by atomic mass is 10.1. The molecule has 0 saturated carbocycles. The van der Waals surface area contributed by atoms with Crippen molar-refractivity contribution in [3.05, 3.63) is 42.0 Å². The van der Waals surface area contributed by atoms with E-state index in [1.54, 1.807) is 6.08 Å². The van der Waals surface area contributed by atoms with Crippen LogP contribution in [0, 0.1) is 0 Å². The van der Waals surface area contributed by atoms with Crippen molar-refractivity contribution in [2.45, 2.75) is 19.3 Å². The molecule has 0 heterocycles. The van der Waals surface area contributed by atoms with Gasteiger partial charge in [-0.3, -0.25) is 4.55 Å². The fourth-order valence-electron chi connectivity index (χ4n) is 1.43. The summed E-state index contributed by atoms with van der Waals surface area (Å²) in [5, 5.41) is 0. The first-order valence-electron chi connectivity index (χ1n) is 5.18. The normalized spacial score (nSPS) is 11.3. The second-order valence-electron chi connectivity index (χ2n) is 3.69. The van der Waals surface area contributed by atoms with Crippen molar-refractivity contribution in [3.63, 3.8) is 0 Å². The smallest absolute Gasteiger partial charge is 0.264 e. The maximum Gasteiger partial charge on any atom is 0.264 e. The number of hydrogen-bond donors (Lipinski definition) is 1. The van der Waals surface area contributed by atoms with E-state index in [0.717, 1.165) is 18.4 Å². The van der Waals surface area contributed by atoms with E-state index < -0.39 is 10.1 Å². The van der Waals surface area contributed by atoms with E-state index in [1.165, 1.54) is 5.56 Å². The van der Waals surface area contributed by atoms with Gasteiger partial charge in [0, 0.05) is 0 Å². The summed E-state index contributed by atoms with van der Waals surface area (Å²) in [6, 6.07) is 7.96. The second kappa shape index (κ2) is 5.82. The van der Waals surface area contributed by atoms with Gasteiger partial charge in [0.15, 0.2) is 0 Å². The quantitative estimate of drug-likeness (QED) is 0.614. The van der Waals surface area contributed by atoms with Gasteiger partial charge in [0.2, 0.25) is 0 Å². The van der Waals surface area contributed by atoms with Crippen LogP contribution in [0.5, 0.6) is 0 Å². The van der Waals surface area contributed by atoms with Crippen LogP contribution in [0.25, 0.3) is 6.08 Å². The molecule has 0 saturated heterocycles. The van der Waals surface area contributed by atoms with E-state index in [-0.39, 0.29) is 5.75 Å². The Hall–Kier alpha value is -1.13. The third-order valence-corrected chi connectivity index (χ3v) is 3.14. The number of hydrogen-bond acceptors (Lipinski definition) is 2. The molecule has 0 atom stereocenters. The minimum absolute atomic E-state index is 0.155. The average Bonchev–Trinajstić information content (AvgIpc) is 2.24.